The fraction of sp³-hybridized carbons (Fsp3) is 1.00. The van der Waals surface area contributed by atoms with E-state index in [9.17, 15) is 0 Å². The molecule has 0 rings (SSSR count). The second-order valence-electron chi connectivity index (χ2n) is 4.57. The molecular weight excluding hydrogens is 230 g/mol. The zero-order chi connectivity index (χ0) is 12.8. The van der Waals surface area contributed by atoms with Gasteiger partial charge >= 0.3 is 0 Å². The maximum absolute atomic E-state index is 5.67. The molecule has 0 aromatic heterocycles. The first-order valence-corrected chi connectivity index (χ1v) is 8.36. The number of unbranched alkanes of at least 4 members (excludes halogenated alkanes) is 1. The second kappa shape index (κ2) is 14.3. The van der Waals surface area contributed by atoms with E-state index in [-0.39, 0.29) is 0 Å². The molecule has 1 atom stereocenters. The van der Waals surface area contributed by atoms with Crippen molar-refractivity contribution >= 4 is 11.8 Å². The fourth-order valence-corrected chi connectivity index (χ4v) is 2.73. The van der Waals surface area contributed by atoms with E-state index in [1.807, 2.05) is 11.8 Å². The van der Waals surface area contributed by atoms with E-state index in [1.165, 1.54) is 37.9 Å². The topological polar surface area (TPSA) is 35.2 Å². The fourth-order valence-electron chi connectivity index (χ4n) is 1.88. The predicted molar refractivity (Wildman–Crippen MR) is 79.7 cm³/mol. The van der Waals surface area contributed by atoms with E-state index in [0.29, 0.717) is 0 Å². The molecular formula is C14H31NOS. The van der Waals surface area contributed by atoms with E-state index in [0.717, 1.165) is 37.9 Å². The SMILES string of the molecule is CCCC(CC)CCOCCSCCCCN. The molecule has 0 saturated carbocycles. The number of rotatable bonds is 13. The molecule has 0 aliphatic rings. The first-order valence-electron chi connectivity index (χ1n) is 7.20. The quantitative estimate of drug-likeness (QED) is 0.514. The lowest BCUT2D eigenvalue weighted by molar-refractivity contribution is 0.132. The van der Waals surface area contributed by atoms with Gasteiger partial charge in [0.25, 0.3) is 0 Å². The number of ether oxygens (including phenoxy) is 1. The van der Waals surface area contributed by atoms with Crippen LogP contribution in [0, 0.1) is 5.92 Å². The molecule has 0 bridgehead atoms. The van der Waals surface area contributed by atoms with Crippen molar-refractivity contribution in [3.63, 3.8) is 0 Å². The van der Waals surface area contributed by atoms with Gasteiger partial charge in [0, 0.05) is 12.4 Å². The third kappa shape index (κ3) is 12.5. The molecule has 0 aromatic rings. The summed E-state index contributed by atoms with van der Waals surface area (Å²) in [6, 6.07) is 0. The van der Waals surface area contributed by atoms with Crippen LogP contribution in [0.15, 0.2) is 0 Å². The second-order valence-corrected chi connectivity index (χ2v) is 5.80. The summed E-state index contributed by atoms with van der Waals surface area (Å²) >= 11 is 1.99. The van der Waals surface area contributed by atoms with Crippen LogP contribution in [0.1, 0.15) is 52.4 Å². The highest BCUT2D eigenvalue weighted by molar-refractivity contribution is 7.99. The van der Waals surface area contributed by atoms with E-state index in [2.05, 4.69) is 13.8 Å². The lowest BCUT2D eigenvalue weighted by atomic mass is 9.98. The Kier molecular flexibility index (Phi) is 14.6. The molecule has 3 heteroatoms. The summed E-state index contributed by atoms with van der Waals surface area (Å²) in [5.41, 5.74) is 5.44. The van der Waals surface area contributed by atoms with E-state index in [4.69, 9.17) is 10.5 Å². The molecule has 0 spiro atoms. The van der Waals surface area contributed by atoms with Gasteiger partial charge in [-0.2, -0.15) is 11.8 Å². The molecule has 0 aliphatic carbocycles. The highest BCUT2D eigenvalue weighted by Crippen LogP contribution is 2.15. The van der Waals surface area contributed by atoms with Gasteiger partial charge in [-0.1, -0.05) is 33.1 Å². The minimum absolute atomic E-state index is 0.826. The van der Waals surface area contributed by atoms with Crippen molar-refractivity contribution in [2.75, 3.05) is 31.3 Å². The average molecular weight is 261 g/mol. The Hall–Kier alpha value is 0.270. The molecule has 0 heterocycles. The maximum Gasteiger partial charge on any atom is 0.0556 e. The van der Waals surface area contributed by atoms with Crippen LogP contribution in [0.4, 0.5) is 0 Å². The molecule has 0 fully saturated rings. The Labute approximate surface area is 112 Å². The Morgan fingerprint density at radius 1 is 1.06 bits per heavy atom. The van der Waals surface area contributed by atoms with Gasteiger partial charge in [0.05, 0.1) is 6.61 Å². The van der Waals surface area contributed by atoms with Crippen molar-refractivity contribution in [1.29, 1.82) is 0 Å². The van der Waals surface area contributed by atoms with Gasteiger partial charge in [-0.3, -0.25) is 0 Å². The highest BCUT2D eigenvalue weighted by atomic mass is 32.2. The van der Waals surface area contributed by atoms with E-state index in [1.54, 1.807) is 0 Å². The Morgan fingerprint density at radius 2 is 1.88 bits per heavy atom. The zero-order valence-corrected chi connectivity index (χ0v) is 12.6. The first-order chi connectivity index (χ1) is 8.35. The first kappa shape index (κ1) is 17.3. The summed E-state index contributed by atoms with van der Waals surface area (Å²) in [4.78, 5) is 0. The van der Waals surface area contributed by atoms with Crippen LogP contribution < -0.4 is 5.73 Å². The normalized spacial score (nSPS) is 12.9. The minimum Gasteiger partial charge on any atom is -0.381 e. The molecule has 1 unspecified atom stereocenters. The molecule has 17 heavy (non-hydrogen) atoms. The van der Waals surface area contributed by atoms with E-state index >= 15 is 0 Å². The number of hydrogen-bond acceptors (Lipinski definition) is 3. The Bertz CT molecular complexity index is 144. The van der Waals surface area contributed by atoms with Crippen LogP contribution >= 0.6 is 11.8 Å². The van der Waals surface area contributed by atoms with Gasteiger partial charge in [-0.05, 0) is 37.5 Å². The van der Waals surface area contributed by atoms with Gasteiger partial charge in [-0.25, -0.2) is 0 Å². The maximum atomic E-state index is 5.67. The van der Waals surface area contributed by atoms with Crippen molar-refractivity contribution in [3.05, 3.63) is 0 Å². The van der Waals surface area contributed by atoms with Crippen molar-refractivity contribution < 1.29 is 4.74 Å². The standard InChI is InChI=1S/C14H31NOS/c1-3-7-14(4-2)8-10-16-11-13-17-12-6-5-9-15/h14H,3-13,15H2,1-2H3. The van der Waals surface area contributed by atoms with E-state index < -0.39 is 0 Å². The minimum atomic E-state index is 0.826. The lowest BCUT2D eigenvalue weighted by Crippen LogP contribution is -2.06. The van der Waals surface area contributed by atoms with Gasteiger partial charge in [0.1, 0.15) is 0 Å². The van der Waals surface area contributed by atoms with Crippen molar-refractivity contribution in [1.82, 2.24) is 0 Å². The monoisotopic (exact) mass is 261 g/mol. The van der Waals surface area contributed by atoms with Gasteiger partial charge in [0.2, 0.25) is 0 Å². The molecule has 0 saturated heterocycles. The highest BCUT2D eigenvalue weighted by Gasteiger charge is 2.04. The summed E-state index contributed by atoms with van der Waals surface area (Å²) in [6.45, 7) is 7.24. The predicted octanol–water partition coefficient (Wildman–Crippen LogP) is 3.69. The average Bonchev–Trinajstić information content (AvgIpc) is 2.35. The third-order valence-electron chi connectivity index (χ3n) is 3.06. The van der Waals surface area contributed by atoms with Crippen LogP contribution in [-0.2, 0) is 4.74 Å². The summed E-state index contributed by atoms with van der Waals surface area (Å²) in [5.74, 6) is 3.24. The van der Waals surface area contributed by atoms with Gasteiger partial charge in [0.15, 0.2) is 0 Å². The van der Waals surface area contributed by atoms with Crippen molar-refractivity contribution in [2.24, 2.45) is 11.7 Å². The lowest BCUT2D eigenvalue weighted by Gasteiger charge is -2.13. The number of hydrogen-bond donors (Lipinski definition) is 1. The third-order valence-corrected chi connectivity index (χ3v) is 4.09. The van der Waals surface area contributed by atoms with Crippen molar-refractivity contribution in [3.8, 4) is 0 Å². The molecule has 104 valence electrons. The number of nitrogens with two attached hydrogens (primary N) is 1. The number of thioether (sulfide) groups is 1. The Morgan fingerprint density at radius 3 is 2.53 bits per heavy atom. The smallest absolute Gasteiger partial charge is 0.0556 e. The molecule has 0 amide bonds. The molecule has 2 N–H and O–H groups in total. The molecule has 0 radical (unpaired) electrons. The van der Waals surface area contributed by atoms with Gasteiger partial charge in [-0.15, -0.1) is 0 Å². The Balaban J connectivity index is 3.11. The molecule has 0 aliphatic heterocycles. The van der Waals surface area contributed by atoms with Crippen LogP contribution in [0.3, 0.4) is 0 Å². The molecule has 2 nitrogen and oxygen atoms in total. The molecule has 0 aromatic carbocycles. The largest absolute Gasteiger partial charge is 0.381 e. The zero-order valence-electron chi connectivity index (χ0n) is 11.7. The van der Waals surface area contributed by atoms with Crippen LogP contribution in [0.25, 0.3) is 0 Å². The summed E-state index contributed by atoms with van der Waals surface area (Å²) in [5, 5.41) is 0. The van der Waals surface area contributed by atoms with Crippen LogP contribution in [0.2, 0.25) is 0 Å². The van der Waals surface area contributed by atoms with Crippen molar-refractivity contribution in [2.45, 2.75) is 52.4 Å². The van der Waals surface area contributed by atoms with Crippen LogP contribution in [0.5, 0.6) is 0 Å². The summed E-state index contributed by atoms with van der Waals surface area (Å²) in [6.07, 6.45) is 7.59. The van der Waals surface area contributed by atoms with Crippen LogP contribution in [-0.4, -0.2) is 31.3 Å². The van der Waals surface area contributed by atoms with Gasteiger partial charge < -0.3 is 10.5 Å². The summed E-state index contributed by atoms with van der Waals surface area (Å²) in [7, 11) is 0. The summed E-state index contributed by atoms with van der Waals surface area (Å²) < 4.78 is 5.67.